The van der Waals surface area contributed by atoms with Crippen molar-refractivity contribution in [2.75, 3.05) is 32.7 Å². The molecule has 1 aliphatic rings. The number of ether oxygens (including phenoxy) is 1. The van der Waals surface area contributed by atoms with E-state index in [1.54, 1.807) is 0 Å². The van der Waals surface area contributed by atoms with E-state index in [-0.39, 0.29) is 12.0 Å². The zero-order valence-electron chi connectivity index (χ0n) is 24.1. The first kappa shape index (κ1) is 28.8. The van der Waals surface area contributed by atoms with E-state index >= 15 is 0 Å². The fourth-order valence-corrected chi connectivity index (χ4v) is 5.68. The van der Waals surface area contributed by atoms with Gasteiger partial charge in [0.2, 0.25) is 0 Å². The van der Waals surface area contributed by atoms with Crippen molar-refractivity contribution < 1.29 is 9.53 Å². The van der Waals surface area contributed by atoms with Crippen LogP contribution in [0.2, 0.25) is 0 Å². The van der Waals surface area contributed by atoms with E-state index in [0.29, 0.717) is 35.9 Å². The largest absolute Gasteiger partial charge is 0.489 e. The fourth-order valence-electron chi connectivity index (χ4n) is 5.68. The third-order valence-corrected chi connectivity index (χ3v) is 7.79. The van der Waals surface area contributed by atoms with E-state index in [9.17, 15) is 4.79 Å². The van der Waals surface area contributed by atoms with Crippen LogP contribution < -0.4 is 10.1 Å². The van der Waals surface area contributed by atoms with E-state index in [2.05, 4.69) is 103 Å². The average Bonchev–Trinajstić information content (AvgIpc) is 2.95. The second kappa shape index (κ2) is 14.3. The quantitative estimate of drug-likeness (QED) is 0.304. The first-order valence-corrected chi connectivity index (χ1v) is 14.5. The van der Waals surface area contributed by atoms with Gasteiger partial charge in [0.25, 0.3) is 5.91 Å². The van der Waals surface area contributed by atoms with Gasteiger partial charge < -0.3 is 15.0 Å². The molecule has 5 nitrogen and oxygen atoms in total. The molecule has 0 unspecified atom stereocenters. The van der Waals surface area contributed by atoms with Gasteiger partial charge in [-0.25, -0.2) is 0 Å². The van der Waals surface area contributed by atoms with Gasteiger partial charge in [0.05, 0.1) is 5.56 Å². The molecule has 0 aromatic heterocycles. The number of piperidine rings is 1. The van der Waals surface area contributed by atoms with Crippen LogP contribution in [0.4, 0.5) is 0 Å². The van der Waals surface area contributed by atoms with Crippen LogP contribution in [0.3, 0.4) is 0 Å². The van der Waals surface area contributed by atoms with Crippen LogP contribution in [-0.2, 0) is 0 Å². The minimum Gasteiger partial charge on any atom is -0.489 e. The van der Waals surface area contributed by atoms with Gasteiger partial charge in [0.15, 0.2) is 0 Å². The normalized spacial score (nSPS) is 14.9. The maximum absolute atomic E-state index is 13.1. The zero-order valence-corrected chi connectivity index (χ0v) is 24.1. The molecule has 0 saturated carbocycles. The highest BCUT2D eigenvalue weighted by Gasteiger charge is 2.25. The number of likely N-dealkylation sites (tertiary alicyclic amines) is 1. The summed E-state index contributed by atoms with van der Waals surface area (Å²) in [6.07, 6.45) is 2.01. The standard InChI is InChI=1S/C34H45N3O2/c1-26(2)37(27(3)4)24-21-35-34(38)31-17-11-12-18-33(31)39-30-19-22-36(23-20-30)25-32(28-13-7-5-8-14-28)29-15-9-6-10-16-29/h5-18,26-27,30,32H,19-25H2,1-4H3,(H,35,38). The molecule has 3 aromatic rings. The van der Waals surface area contributed by atoms with Crippen LogP contribution in [0.15, 0.2) is 84.9 Å². The number of hydrogen-bond donors (Lipinski definition) is 1. The van der Waals surface area contributed by atoms with E-state index in [0.717, 1.165) is 39.0 Å². The summed E-state index contributed by atoms with van der Waals surface area (Å²) in [6.45, 7) is 13.2. The molecule has 4 rings (SSSR count). The summed E-state index contributed by atoms with van der Waals surface area (Å²) in [5.74, 6) is 0.963. The summed E-state index contributed by atoms with van der Waals surface area (Å²) in [7, 11) is 0. The fraction of sp³-hybridized carbons (Fsp3) is 0.441. The lowest BCUT2D eigenvalue weighted by Crippen LogP contribution is -2.42. The average molecular weight is 528 g/mol. The highest BCUT2D eigenvalue weighted by Crippen LogP contribution is 2.28. The van der Waals surface area contributed by atoms with Gasteiger partial charge in [-0.05, 0) is 63.8 Å². The molecular formula is C34H45N3O2. The van der Waals surface area contributed by atoms with Crippen LogP contribution in [-0.4, -0.2) is 66.6 Å². The number of carbonyl (C=O) groups excluding carboxylic acids is 1. The summed E-state index contributed by atoms with van der Waals surface area (Å²) in [5.41, 5.74) is 3.33. The number of para-hydroxylation sites is 1. The SMILES string of the molecule is CC(C)N(CCNC(=O)c1ccccc1OC1CCN(CC(c2ccccc2)c2ccccc2)CC1)C(C)C. The second-order valence-corrected chi connectivity index (χ2v) is 11.2. The predicted octanol–water partition coefficient (Wildman–Crippen LogP) is 6.21. The lowest BCUT2D eigenvalue weighted by Gasteiger charge is -2.35. The third-order valence-electron chi connectivity index (χ3n) is 7.79. The van der Waals surface area contributed by atoms with Crippen molar-refractivity contribution >= 4 is 5.91 Å². The molecule has 1 fully saturated rings. The highest BCUT2D eigenvalue weighted by atomic mass is 16.5. The highest BCUT2D eigenvalue weighted by molar-refractivity contribution is 5.96. The summed E-state index contributed by atoms with van der Waals surface area (Å²) in [4.78, 5) is 18.0. The van der Waals surface area contributed by atoms with Crippen LogP contribution in [0.1, 0.15) is 67.9 Å². The number of amides is 1. The van der Waals surface area contributed by atoms with Gasteiger partial charge >= 0.3 is 0 Å². The Balaban J connectivity index is 1.32. The number of carbonyl (C=O) groups is 1. The van der Waals surface area contributed by atoms with E-state index < -0.39 is 0 Å². The number of rotatable bonds is 12. The number of hydrogen-bond acceptors (Lipinski definition) is 4. The summed E-state index contributed by atoms with van der Waals surface area (Å²) in [6, 6.07) is 30.2. The minimum absolute atomic E-state index is 0.0657. The zero-order chi connectivity index (χ0) is 27.6. The molecule has 1 N–H and O–H groups in total. The molecule has 39 heavy (non-hydrogen) atoms. The van der Waals surface area contributed by atoms with Gasteiger partial charge in [-0.15, -0.1) is 0 Å². The molecule has 0 radical (unpaired) electrons. The maximum Gasteiger partial charge on any atom is 0.255 e. The van der Waals surface area contributed by atoms with E-state index in [4.69, 9.17) is 4.74 Å². The molecule has 0 atom stereocenters. The van der Waals surface area contributed by atoms with Gasteiger partial charge in [0, 0.05) is 50.7 Å². The molecule has 208 valence electrons. The minimum atomic E-state index is -0.0657. The van der Waals surface area contributed by atoms with Gasteiger partial charge in [0.1, 0.15) is 11.9 Å². The van der Waals surface area contributed by atoms with Crippen molar-refractivity contribution in [1.29, 1.82) is 0 Å². The molecule has 3 aromatic carbocycles. The van der Waals surface area contributed by atoms with Crippen molar-refractivity contribution in [1.82, 2.24) is 15.1 Å². The molecule has 1 aliphatic heterocycles. The Bertz CT molecular complexity index is 1090. The van der Waals surface area contributed by atoms with Crippen LogP contribution in [0, 0.1) is 0 Å². The van der Waals surface area contributed by atoms with Crippen molar-refractivity contribution in [3.63, 3.8) is 0 Å². The van der Waals surface area contributed by atoms with Gasteiger partial charge in [-0.1, -0.05) is 72.8 Å². The van der Waals surface area contributed by atoms with Crippen LogP contribution in [0.5, 0.6) is 5.75 Å². The Morgan fingerprint density at radius 2 is 1.38 bits per heavy atom. The summed E-state index contributed by atoms with van der Waals surface area (Å²) < 4.78 is 6.44. The Labute approximate surface area is 235 Å². The molecule has 5 heteroatoms. The number of benzene rings is 3. The lowest BCUT2D eigenvalue weighted by molar-refractivity contribution is 0.0891. The van der Waals surface area contributed by atoms with Crippen molar-refractivity contribution in [2.24, 2.45) is 0 Å². The monoisotopic (exact) mass is 527 g/mol. The summed E-state index contributed by atoms with van der Waals surface area (Å²) in [5, 5.41) is 3.11. The Morgan fingerprint density at radius 1 is 0.846 bits per heavy atom. The molecular weight excluding hydrogens is 482 g/mol. The molecule has 1 amide bonds. The smallest absolute Gasteiger partial charge is 0.255 e. The second-order valence-electron chi connectivity index (χ2n) is 11.2. The molecule has 0 spiro atoms. The van der Waals surface area contributed by atoms with Gasteiger partial charge in [-0.2, -0.15) is 0 Å². The topological polar surface area (TPSA) is 44.8 Å². The van der Waals surface area contributed by atoms with E-state index in [1.165, 1.54) is 11.1 Å². The molecule has 1 saturated heterocycles. The maximum atomic E-state index is 13.1. The Hall–Kier alpha value is -3.15. The molecule has 0 bridgehead atoms. The number of nitrogens with one attached hydrogen (secondary N) is 1. The van der Waals surface area contributed by atoms with Crippen LogP contribution in [0.25, 0.3) is 0 Å². The first-order valence-electron chi connectivity index (χ1n) is 14.5. The predicted molar refractivity (Wildman–Crippen MR) is 161 cm³/mol. The number of nitrogens with zero attached hydrogens (tertiary/aromatic N) is 2. The Morgan fingerprint density at radius 3 is 1.95 bits per heavy atom. The van der Waals surface area contributed by atoms with Crippen molar-refractivity contribution in [2.45, 2.75) is 64.6 Å². The van der Waals surface area contributed by atoms with Crippen molar-refractivity contribution in [3.8, 4) is 5.75 Å². The summed E-state index contributed by atoms with van der Waals surface area (Å²) >= 11 is 0. The van der Waals surface area contributed by atoms with E-state index in [1.807, 2.05) is 24.3 Å². The first-order chi connectivity index (χ1) is 18.9. The lowest BCUT2D eigenvalue weighted by atomic mass is 9.90. The van der Waals surface area contributed by atoms with Gasteiger partial charge in [-0.3, -0.25) is 9.69 Å². The third kappa shape index (κ3) is 8.17. The van der Waals surface area contributed by atoms with Crippen molar-refractivity contribution in [3.05, 3.63) is 102 Å². The molecule has 1 heterocycles. The van der Waals surface area contributed by atoms with Crippen LogP contribution >= 0.6 is 0 Å². The molecule has 0 aliphatic carbocycles. The Kier molecular flexibility index (Phi) is 10.6.